The molecule has 0 bridgehead atoms. The van der Waals surface area contributed by atoms with E-state index in [4.69, 9.17) is 0 Å². The van der Waals surface area contributed by atoms with Gasteiger partial charge in [0.1, 0.15) is 11.3 Å². The molecule has 3 aromatic rings. The van der Waals surface area contributed by atoms with Gasteiger partial charge >= 0.3 is 0 Å². The zero-order valence-electron chi connectivity index (χ0n) is 13.7. The van der Waals surface area contributed by atoms with E-state index in [2.05, 4.69) is 10.2 Å². The van der Waals surface area contributed by atoms with Crippen LogP contribution in [-0.2, 0) is 12.1 Å². The Balaban J connectivity index is 2.17. The lowest BCUT2D eigenvalue weighted by Gasteiger charge is -2.20. The maximum Gasteiger partial charge on any atom is 0.293 e. The molecule has 0 amide bonds. The first-order chi connectivity index (χ1) is 10.8. The van der Waals surface area contributed by atoms with Gasteiger partial charge in [0.2, 0.25) is 0 Å². The zero-order valence-corrected chi connectivity index (χ0v) is 13.7. The summed E-state index contributed by atoms with van der Waals surface area (Å²) in [6, 6.07) is 6.07. The van der Waals surface area contributed by atoms with E-state index in [9.17, 15) is 9.18 Å². The smallest absolute Gasteiger partial charge is 0.265 e. The largest absolute Gasteiger partial charge is 0.293 e. The van der Waals surface area contributed by atoms with Crippen LogP contribution in [-0.4, -0.2) is 19.6 Å². The topological polar surface area (TPSA) is 52.7 Å². The Morgan fingerprint density at radius 3 is 2.43 bits per heavy atom. The molecule has 0 spiro atoms. The van der Waals surface area contributed by atoms with Crippen molar-refractivity contribution in [3.05, 3.63) is 57.9 Å². The van der Waals surface area contributed by atoms with Gasteiger partial charge in [-0.3, -0.25) is 9.48 Å². The molecule has 0 aliphatic heterocycles. The van der Waals surface area contributed by atoms with E-state index in [-0.39, 0.29) is 16.9 Å². The number of halogens is 1. The highest BCUT2D eigenvalue weighted by molar-refractivity contribution is 5.79. The fourth-order valence-electron chi connectivity index (χ4n) is 2.60. The van der Waals surface area contributed by atoms with Gasteiger partial charge < -0.3 is 0 Å². The molecular formula is C17H19FN4O. The molecule has 0 aliphatic rings. The van der Waals surface area contributed by atoms with Crippen molar-refractivity contribution >= 4 is 10.9 Å². The van der Waals surface area contributed by atoms with Crippen LogP contribution in [0.25, 0.3) is 10.9 Å². The van der Waals surface area contributed by atoms with E-state index < -0.39 is 0 Å². The molecule has 6 heteroatoms. The number of hydrogen-bond donors (Lipinski definition) is 0. The maximum atomic E-state index is 13.0. The van der Waals surface area contributed by atoms with Crippen molar-refractivity contribution < 1.29 is 4.39 Å². The average molecular weight is 314 g/mol. The fraction of sp³-hybridized carbons (Fsp3) is 0.353. The highest BCUT2D eigenvalue weighted by Gasteiger charge is 2.21. The molecule has 0 atom stereocenters. The van der Waals surface area contributed by atoms with Crippen LogP contribution in [0.15, 0.2) is 35.3 Å². The summed E-state index contributed by atoms with van der Waals surface area (Å²) in [4.78, 5) is 12.8. The van der Waals surface area contributed by atoms with Crippen LogP contribution in [0.4, 0.5) is 4.39 Å². The molecule has 0 saturated carbocycles. The summed E-state index contributed by atoms with van der Waals surface area (Å²) in [5, 5.41) is 9.50. The highest BCUT2D eigenvalue weighted by Crippen LogP contribution is 2.20. The predicted molar refractivity (Wildman–Crippen MR) is 87.0 cm³/mol. The zero-order chi connectivity index (χ0) is 16.8. The molecule has 0 fully saturated rings. The third-order valence-electron chi connectivity index (χ3n) is 3.75. The summed E-state index contributed by atoms with van der Waals surface area (Å²) in [5.74, 6) is -0.300. The number of rotatable bonds is 2. The molecule has 2 aromatic heterocycles. The third-order valence-corrected chi connectivity index (χ3v) is 3.75. The summed E-state index contributed by atoms with van der Waals surface area (Å²) in [5.41, 5.74) is 1.62. The van der Waals surface area contributed by atoms with Gasteiger partial charge in [0.15, 0.2) is 0 Å². The Labute approximate surface area is 133 Å². The summed E-state index contributed by atoms with van der Waals surface area (Å²) in [7, 11) is 0. The number of benzene rings is 1. The van der Waals surface area contributed by atoms with Gasteiger partial charge in [-0.1, -0.05) is 12.1 Å². The van der Waals surface area contributed by atoms with Crippen LogP contribution in [0.5, 0.6) is 0 Å². The number of hydrogen-bond acceptors (Lipinski definition) is 3. The molecule has 3 rings (SSSR count). The standard InChI is InChI=1S/C17H19FN4O/c1-11-14-9-19-22(17(2,3)4)15(14)16(23)21(20-11)10-12-5-7-13(18)8-6-12/h5-9H,10H2,1-4H3. The van der Waals surface area contributed by atoms with Gasteiger partial charge in [0.05, 0.1) is 24.0 Å². The van der Waals surface area contributed by atoms with Gasteiger partial charge in [-0.05, 0) is 45.4 Å². The second-order valence-electron chi connectivity index (χ2n) is 6.66. The van der Waals surface area contributed by atoms with Gasteiger partial charge in [-0.15, -0.1) is 0 Å². The molecule has 120 valence electrons. The molecule has 0 aliphatic carbocycles. The van der Waals surface area contributed by atoms with E-state index >= 15 is 0 Å². The Morgan fingerprint density at radius 1 is 1.17 bits per heavy atom. The summed E-state index contributed by atoms with van der Waals surface area (Å²) in [6.45, 7) is 8.15. The Morgan fingerprint density at radius 2 is 1.83 bits per heavy atom. The van der Waals surface area contributed by atoms with Crippen molar-refractivity contribution in [2.24, 2.45) is 0 Å². The number of fused-ring (bicyclic) bond motifs is 1. The van der Waals surface area contributed by atoms with E-state index in [1.54, 1.807) is 23.0 Å². The molecule has 0 radical (unpaired) electrons. The molecule has 23 heavy (non-hydrogen) atoms. The molecule has 2 heterocycles. The van der Waals surface area contributed by atoms with E-state index in [0.29, 0.717) is 12.1 Å². The van der Waals surface area contributed by atoms with Crippen LogP contribution in [0, 0.1) is 12.7 Å². The van der Waals surface area contributed by atoms with Crippen molar-refractivity contribution in [2.45, 2.75) is 39.8 Å². The molecule has 0 N–H and O–H groups in total. The fourth-order valence-corrected chi connectivity index (χ4v) is 2.60. The Hall–Kier alpha value is -2.50. The Kier molecular flexibility index (Phi) is 3.55. The molecule has 0 unspecified atom stereocenters. The number of aromatic nitrogens is 4. The van der Waals surface area contributed by atoms with E-state index in [1.165, 1.54) is 16.8 Å². The average Bonchev–Trinajstić information content (AvgIpc) is 2.92. The minimum Gasteiger partial charge on any atom is -0.265 e. The van der Waals surface area contributed by atoms with E-state index in [0.717, 1.165) is 16.6 Å². The summed E-state index contributed by atoms with van der Waals surface area (Å²) < 4.78 is 16.2. The van der Waals surface area contributed by atoms with Crippen LogP contribution in [0.3, 0.4) is 0 Å². The van der Waals surface area contributed by atoms with Gasteiger partial charge in [-0.25, -0.2) is 9.07 Å². The number of aryl methyl sites for hydroxylation is 1. The third kappa shape index (κ3) is 2.76. The molecule has 5 nitrogen and oxygen atoms in total. The normalized spacial score (nSPS) is 12.0. The monoisotopic (exact) mass is 314 g/mol. The van der Waals surface area contributed by atoms with Gasteiger partial charge in [0.25, 0.3) is 5.56 Å². The maximum absolute atomic E-state index is 13.0. The van der Waals surface area contributed by atoms with Crippen molar-refractivity contribution in [2.75, 3.05) is 0 Å². The quantitative estimate of drug-likeness (QED) is 0.731. The lowest BCUT2D eigenvalue weighted by atomic mass is 10.1. The van der Waals surface area contributed by atoms with Crippen LogP contribution in [0.1, 0.15) is 32.0 Å². The van der Waals surface area contributed by atoms with E-state index in [1.807, 2.05) is 27.7 Å². The summed E-state index contributed by atoms with van der Waals surface area (Å²) >= 11 is 0. The first kappa shape index (κ1) is 15.4. The van der Waals surface area contributed by atoms with Crippen molar-refractivity contribution in [1.29, 1.82) is 0 Å². The Bertz CT molecular complexity index is 917. The van der Waals surface area contributed by atoms with Crippen LogP contribution < -0.4 is 5.56 Å². The minimum atomic E-state index is -0.303. The van der Waals surface area contributed by atoms with Crippen LogP contribution >= 0.6 is 0 Å². The van der Waals surface area contributed by atoms with Gasteiger partial charge in [0, 0.05) is 5.39 Å². The predicted octanol–water partition coefficient (Wildman–Crippen LogP) is 2.84. The highest BCUT2D eigenvalue weighted by atomic mass is 19.1. The van der Waals surface area contributed by atoms with Crippen molar-refractivity contribution in [1.82, 2.24) is 19.6 Å². The first-order valence-corrected chi connectivity index (χ1v) is 7.48. The number of nitrogens with zero attached hydrogens (tertiary/aromatic N) is 4. The molecular weight excluding hydrogens is 295 g/mol. The lowest BCUT2D eigenvalue weighted by Crippen LogP contribution is -2.31. The SMILES string of the molecule is Cc1nn(Cc2ccc(F)cc2)c(=O)c2c1cnn2C(C)(C)C. The minimum absolute atomic E-state index is 0.192. The second-order valence-corrected chi connectivity index (χ2v) is 6.66. The van der Waals surface area contributed by atoms with Crippen LogP contribution in [0.2, 0.25) is 0 Å². The summed E-state index contributed by atoms with van der Waals surface area (Å²) in [6.07, 6.45) is 1.69. The second kappa shape index (κ2) is 5.30. The van der Waals surface area contributed by atoms with Crippen molar-refractivity contribution in [3.8, 4) is 0 Å². The lowest BCUT2D eigenvalue weighted by molar-refractivity contribution is 0.366. The van der Waals surface area contributed by atoms with Gasteiger partial charge in [-0.2, -0.15) is 10.2 Å². The molecule has 0 saturated heterocycles. The first-order valence-electron chi connectivity index (χ1n) is 7.48. The molecule has 1 aromatic carbocycles. The van der Waals surface area contributed by atoms with Crippen molar-refractivity contribution in [3.63, 3.8) is 0 Å².